The third kappa shape index (κ3) is 3.35. The number of rotatable bonds is 7. The zero-order chi connectivity index (χ0) is 13.0. The molecule has 1 aromatic heterocycles. The molecule has 7 heteroatoms. The highest BCUT2D eigenvalue weighted by molar-refractivity contribution is 8.01. The summed E-state index contributed by atoms with van der Waals surface area (Å²) in [6, 6.07) is 0. The Morgan fingerprint density at radius 1 is 1.56 bits per heavy atom. The van der Waals surface area contributed by atoms with E-state index in [1.165, 1.54) is 48.8 Å². The summed E-state index contributed by atoms with van der Waals surface area (Å²) >= 11 is 2.64. The lowest BCUT2D eigenvalue weighted by Crippen LogP contribution is -2.35. The van der Waals surface area contributed by atoms with Gasteiger partial charge in [-0.15, -0.1) is 10.2 Å². The molecule has 0 bridgehead atoms. The first-order valence-corrected chi connectivity index (χ1v) is 7.86. The molecular formula is C11H17N3O2S2. The zero-order valence-corrected chi connectivity index (χ0v) is 11.9. The Hall–Kier alpha value is -0.820. The molecule has 0 amide bonds. The van der Waals surface area contributed by atoms with E-state index in [9.17, 15) is 4.79 Å². The van der Waals surface area contributed by atoms with Crippen molar-refractivity contribution in [2.24, 2.45) is 5.41 Å². The van der Waals surface area contributed by atoms with E-state index in [-0.39, 0.29) is 5.75 Å². The van der Waals surface area contributed by atoms with Crippen molar-refractivity contribution in [3.05, 3.63) is 0 Å². The van der Waals surface area contributed by atoms with Gasteiger partial charge in [0.15, 0.2) is 4.34 Å². The van der Waals surface area contributed by atoms with Crippen LogP contribution in [-0.4, -0.2) is 33.6 Å². The fourth-order valence-corrected chi connectivity index (χ4v) is 3.53. The number of hydrogen-bond acceptors (Lipinski definition) is 6. The molecule has 2 N–H and O–H groups in total. The van der Waals surface area contributed by atoms with E-state index in [1.807, 2.05) is 0 Å². The molecule has 0 spiro atoms. The summed E-state index contributed by atoms with van der Waals surface area (Å²) in [6.45, 7) is 3.18. The molecule has 1 aliphatic carbocycles. The molecule has 1 aromatic rings. The maximum absolute atomic E-state index is 10.4. The highest BCUT2D eigenvalue weighted by Crippen LogP contribution is 2.43. The second-order valence-corrected chi connectivity index (χ2v) is 6.82. The summed E-state index contributed by atoms with van der Waals surface area (Å²) < 4.78 is 0.707. The normalized spacial score (nSPS) is 17.2. The van der Waals surface area contributed by atoms with Gasteiger partial charge in [-0.1, -0.05) is 36.4 Å². The third-order valence-corrected chi connectivity index (χ3v) is 5.50. The Labute approximate surface area is 114 Å². The Morgan fingerprint density at radius 3 is 2.89 bits per heavy atom. The van der Waals surface area contributed by atoms with Gasteiger partial charge in [0, 0.05) is 6.54 Å². The fraction of sp³-hybridized carbons (Fsp3) is 0.727. The number of carboxylic acids is 1. The van der Waals surface area contributed by atoms with Crippen LogP contribution in [0.15, 0.2) is 4.34 Å². The molecule has 100 valence electrons. The van der Waals surface area contributed by atoms with Crippen LogP contribution in [0.25, 0.3) is 0 Å². The predicted molar refractivity (Wildman–Crippen MR) is 73.3 cm³/mol. The van der Waals surface area contributed by atoms with Crippen LogP contribution in [-0.2, 0) is 4.79 Å². The number of carbonyl (C=O) groups is 1. The second kappa shape index (κ2) is 5.88. The summed E-state index contributed by atoms with van der Waals surface area (Å²) in [5.74, 6) is -0.794. The maximum atomic E-state index is 10.4. The van der Waals surface area contributed by atoms with Gasteiger partial charge in [-0.2, -0.15) is 0 Å². The van der Waals surface area contributed by atoms with E-state index in [4.69, 9.17) is 5.11 Å². The molecule has 1 aliphatic rings. The van der Waals surface area contributed by atoms with Crippen molar-refractivity contribution in [3.63, 3.8) is 0 Å². The third-order valence-electron chi connectivity index (χ3n) is 3.50. The van der Waals surface area contributed by atoms with Crippen molar-refractivity contribution in [2.75, 3.05) is 17.6 Å². The van der Waals surface area contributed by atoms with Gasteiger partial charge in [0.2, 0.25) is 5.13 Å². The minimum atomic E-state index is -0.830. The van der Waals surface area contributed by atoms with Gasteiger partial charge in [-0.25, -0.2) is 0 Å². The molecule has 5 nitrogen and oxygen atoms in total. The number of hydrogen-bond donors (Lipinski definition) is 2. The van der Waals surface area contributed by atoms with Gasteiger partial charge in [-0.05, 0) is 24.7 Å². The summed E-state index contributed by atoms with van der Waals surface area (Å²) in [4.78, 5) is 10.4. The van der Waals surface area contributed by atoms with Gasteiger partial charge in [0.25, 0.3) is 0 Å². The second-order valence-electron chi connectivity index (χ2n) is 4.62. The van der Waals surface area contributed by atoms with Crippen LogP contribution < -0.4 is 5.32 Å². The van der Waals surface area contributed by atoms with Crippen LogP contribution in [0.5, 0.6) is 0 Å². The molecule has 0 aromatic carbocycles. The smallest absolute Gasteiger partial charge is 0.313 e. The lowest BCUT2D eigenvalue weighted by Gasteiger charge is -2.41. The number of nitrogens with one attached hydrogen (secondary N) is 1. The SMILES string of the molecule is CCC1(CNc2nnc(SCC(=O)O)s2)CCC1. The molecule has 1 fully saturated rings. The number of aromatic nitrogens is 2. The van der Waals surface area contributed by atoms with Gasteiger partial charge in [0.05, 0.1) is 5.75 Å². The highest BCUT2D eigenvalue weighted by Gasteiger charge is 2.34. The number of carboxylic acid groups (broad SMARTS) is 1. The van der Waals surface area contributed by atoms with Gasteiger partial charge in [-0.3, -0.25) is 4.79 Å². The standard InChI is InChI=1S/C11H17N3O2S2/c1-2-11(4-3-5-11)7-12-9-13-14-10(18-9)17-6-8(15)16/h2-7H2,1H3,(H,12,13)(H,15,16). The number of thioether (sulfide) groups is 1. The largest absolute Gasteiger partial charge is 0.481 e. The van der Waals surface area contributed by atoms with E-state index in [0.717, 1.165) is 11.7 Å². The van der Waals surface area contributed by atoms with Gasteiger partial charge < -0.3 is 10.4 Å². The topological polar surface area (TPSA) is 75.1 Å². The van der Waals surface area contributed by atoms with E-state index in [0.29, 0.717) is 9.75 Å². The molecular weight excluding hydrogens is 270 g/mol. The Bertz CT molecular complexity index is 413. The van der Waals surface area contributed by atoms with Crippen LogP contribution in [0.1, 0.15) is 32.6 Å². The van der Waals surface area contributed by atoms with Crippen molar-refractivity contribution in [2.45, 2.75) is 36.9 Å². The van der Waals surface area contributed by atoms with Crippen molar-refractivity contribution < 1.29 is 9.90 Å². The molecule has 2 rings (SSSR count). The summed E-state index contributed by atoms with van der Waals surface area (Å²) in [7, 11) is 0. The summed E-state index contributed by atoms with van der Waals surface area (Å²) in [6.07, 6.45) is 5.09. The molecule has 0 saturated heterocycles. The average molecular weight is 287 g/mol. The predicted octanol–water partition coefficient (Wildman–Crippen LogP) is 2.71. The lowest BCUT2D eigenvalue weighted by molar-refractivity contribution is -0.133. The van der Waals surface area contributed by atoms with E-state index in [1.54, 1.807) is 0 Å². The first-order chi connectivity index (χ1) is 8.63. The minimum absolute atomic E-state index is 0.0352. The number of aliphatic carboxylic acids is 1. The van der Waals surface area contributed by atoms with Crippen molar-refractivity contribution in [3.8, 4) is 0 Å². The monoisotopic (exact) mass is 287 g/mol. The minimum Gasteiger partial charge on any atom is -0.481 e. The first-order valence-electron chi connectivity index (χ1n) is 6.05. The Kier molecular flexibility index (Phi) is 4.45. The molecule has 0 radical (unpaired) electrons. The average Bonchev–Trinajstić information content (AvgIpc) is 2.74. The molecule has 0 atom stereocenters. The highest BCUT2D eigenvalue weighted by atomic mass is 32.2. The van der Waals surface area contributed by atoms with Crippen molar-refractivity contribution in [1.29, 1.82) is 0 Å². The van der Waals surface area contributed by atoms with E-state index < -0.39 is 5.97 Å². The molecule has 1 heterocycles. The zero-order valence-electron chi connectivity index (χ0n) is 10.3. The molecule has 18 heavy (non-hydrogen) atoms. The quantitative estimate of drug-likeness (QED) is 0.751. The van der Waals surface area contributed by atoms with Gasteiger partial charge in [0.1, 0.15) is 0 Å². The fourth-order valence-electron chi connectivity index (χ4n) is 2.06. The molecule has 0 unspecified atom stereocenters. The molecule has 0 aliphatic heterocycles. The van der Waals surface area contributed by atoms with Crippen molar-refractivity contribution in [1.82, 2.24) is 10.2 Å². The number of nitrogens with zero attached hydrogens (tertiary/aromatic N) is 2. The summed E-state index contributed by atoms with van der Waals surface area (Å²) in [5, 5.41) is 20.7. The van der Waals surface area contributed by atoms with Crippen LogP contribution >= 0.6 is 23.1 Å². The molecule has 1 saturated carbocycles. The lowest BCUT2D eigenvalue weighted by atomic mass is 9.67. The Balaban J connectivity index is 1.81. The van der Waals surface area contributed by atoms with E-state index in [2.05, 4.69) is 22.4 Å². The maximum Gasteiger partial charge on any atom is 0.313 e. The van der Waals surface area contributed by atoms with Crippen LogP contribution in [0, 0.1) is 5.41 Å². The van der Waals surface area contributed by atoms with Crippen LogP contribution in [0.3, 0.4) is 0 Å². The Morgan fingerprint density at radius 2 is 2.33 bits per heavy atom. The van der Waals surface area contributed by atoms with Gasteiger partial charge >= 0.3 is 5.97 Å². The van der Waals surface area contributed by atoms with Crippen molar-refractivity contribution >= 4 is 34.2 Å². The number of anilines is 1. The summed E-state index contributed by atoms with van der Waals surface area (Å²) in [5.41, 5.74) is 0.444. The van der Waals surface area contributed by atoms with Crippen LogP contribution in [0.4, 0.5) is 5.13 Å². The first kappa shape index (κ1) is 13.6. The van der Waals surface area contributed by atoms with E-state index >= 15 is 0 Å². The van der Waals surface area contributed by atoms with Crippen LogP contribution in [0.2, 0.25) is 0 Å².